The summed E-state index contributed by atoms with van der Waals surface area (Å²) in [6.07, 6.45) is 0. The molecule has 2 aromatic rings. The summed E-state index contributed by atoms with van der Waals surface area (Å²) in [6, 6.07) is 13.7. The Bertz CT molecular complexity index is 682. The third-order valence-electron chi connectivity index (χ3n) is 3.22. The van der Waals surface area contributed by atoms with E-state index < -0.39 is 12.6 Å². The van der Waals surface area contributed by atoms with E-state index in [-0.39, 0.29) is 17.2 Å². The Labute approximate surface area is 128 Å². The first-order valence-corrected chi connectivity index (χ1v) is 6.77. The Morgan fingerprint density at radius 2 is 1.82 bits per heavy atom. The summed E-state index contributed by atoms with van der Waals surface area (Å²) < 4.78 is 4.98. The van der Waals surface area contributed by atoms with Gasteiger partial charge in [0.05, 0.1) is 0 Å². The lowest BCUT2D eigenvalue weighted by Crippen LogP contribution is -2.31. The number of hydrogen-bond acceptors (Lipinski definition) is 4. The molecule has 0 saturated heterocycles. The van der Waals surface area contributed by atoms with Crippen molar-refractivity contribution in [2.75, 3.05) is 18.6 Å². The zero-order chi connectivity index (χ0) is 16.1. The predicted molar refractivity (Wildman–Crippen MR) is 83.0 cm³/mol. The van der Waals surface area contributed by atoms with E-state index in [1.54, 1.807) is 32.2 Å². The highest BCUT2D eigenvalue weighted by molar-refractivity contribution is 5.97. The van der Waals surface area contributed by atoms with Crippen LogP contribution in [0.4, 0.5) is 5.69 Å². The number of esters is 1. The van der Waals surface area contributed by atoms with Gasteiger partial charge in [0.2, 0.25) is 0 Å². The minimum Gasteiger partial charge on any atom is -0.507 e. The van der Waals surface area contributed by atoms with Crippen LogP contribution in [0.1, 0.15) is 15.9 Å². The summed E-state index contributed by atoms with van der Waals surface area (Å²) in [6.45, 7) is 1.40. The minimum atomic E-state index is -0.726. The average Bonchev–Trinajstić information content (AvgIpc) is 2.54. The number of phenols is 1. The van der Waals surface area contributed by atoms with E-state index in [2.05, 4.69) is 0 Å². The van der Waals surface area contributed by atoms with Crippen LogP contribution in [0.25, 0.3) is 0 Å². The number of carbonyl (C=O) groups excluding carboxylic acids is 2. The molecule has 0 fully saturated rings. The molecule has 0 aliphatic carbocycles. The van der Waals surface area contributed by atoms with E-state index >= 15 is 0 Å². The lowest BCUT2D eigenvalue weighted by Gasteiger charge is -2.17. The van der Waals surface area contributed by atoms with Crippen LogP contribution >= 0.6 is 0 Å². The van der Waals surface area contributed by atoms with E-state index in [1.807, 2.05) is 18.2 Å². The molecule has 0 saturated carbocycles. The first kappa shape index (κ1) is 15.6. The number of anilines is 1. The number of para-hydroxylation sites is 1. The number of ether oxygens (including phenoxy) is 1. The van der Waals surface area contributed by atoms with Gasteiger partial charge in [-0.1, -0.05) is 29.8 Å². The highest BCUT2D eigenvalue weighted by Crippen LogP contribution is 2.19. The van der Waals surface area contributed by atoms with Gasteiger partial charge in [-0.3, -0.25) is 4.79 Å². The van der Waals surface area contributed by atoms with Gasteiger partial charge >= 0.3 is 5.97 Å². The fourth-order valence-electron chi connectivity index (χ4n) is 1.91. The molecular weight excluding hydrogens is 282 g/mol. The van der Waals surface area contributed by atoms with Gasteiger partial charge in [0, 0.05) is 12.7 Å². The van der Waals surface area contributed by atoms with Gasteiger partial charge in [0.1, 0.15) is 11.3 Å². The molecule has 114 valence electrons. The zero-order valence-corrected chi connectivity index (χ0v) is 12.4. The highest BCUT2D eigenvalue weighted by atomic mass is 16.5. The number of nitrogens with zero attached hydrogens (tertiary/aromatic N) is 1. The van der Waals surface area contributed by atoms with Crippen LogP contribution in [-0.4, -0.2) is 30.6 Å². The van der Waals surface area contributed by atoms with Gasteiger partial charge in [-0.2, -0.15) is 0 Å². The maximum absolute atomic E-state index is 12.0. The molecule has 0 radical (unpaired) electrons. The number of benzene rings is 2. The number of aryl methyl sites for hydroxylation is 1. The monoisotopic (exact) mass is 299 g/mol. The van der Waals surface area contributed by atoms with Crippen LogP contribution in [0.15, 0.2) is 48.5 Å². The van der Waals surface area contributed by atoms with E-state index in [9.17, 15) is 14.7 Å². The summed E-state index contributed by atoms with van der Waals surface area (Å²) in [4.78, 5) is 25.4. The quantitative estimate of drug-likeness (QED) is 0.881. The topological polar surface area (TPSA) is 66.8 Å². The minimum absolute atomic E-state index is 0.0511. The Balaban J connectivity index is 1.99. The van der Waals surface area contributed by atoms with Crippen molar-refractivity contribution in [2.45, 2.75) is 6.92 Å². The Hall–Kier alpha value is -2.82. The van der Waals surface area contributed by atoms with Crippen molar-refractivity contribution in [3.05, 3.63) is 59.7 Å². The molecule has 22 heavy (non-hydrogen) atoms. The van der Waals surface area contributed by atoms with Crippen LogP contribution < -0.4 is 4.90 Å². The number of rotatable bonds is 4. The summed E-state index contributed by atoms with van der Waals surface area (Å²) in [5.74, 6) is -1.25. The highest BCUT2D eigenvalue weighted by Gasteiger charge is 2.17. The SMILES string of the molecule is Cc1ccc(O)c(C(=O)OCC(=O)N(C)c2ccccc2)c1. The molecule has 0 heterocycles. The lowest BCUT2D eigenvalue weighted by atomic mass is 10.1. The molecule has 0 aliphatic rings. The van der Waals surface area contributed by atoms with Crippen molar-refractivity contribution in [1.82, 2.24) is 0 Å². The molecule has 0 atom stereocenters. The number of likely N-dealkylation sites (N-methyl/N-ethyl adjacent to an activating group) is 1. The second kappa shape index (κ2) is 6.76. The third-order valence-corrected chi connectivity index (χ3v) is 3.22. The first-order chi connectivity index (χ1) is 10.5. The van der Waals surface area contributed by atoms with Gasteiger partial charge in [0.25, 0.3) is 5.91 Å². The van der Waals surface area contributed by atoms with Gasteiger partial charge in [-0.15, -0.1) is 0 Å². The lowest BCUT2D eigenvalue weighted by molar-refractivity contribution is -0.121. The molecule has 0 aliphatic heterocycles. The van der Waals surface area contributed by atoms with E-state index in [0.29, 0.717) is 5.69 Å². The number of hydrogen-bond donors (Lipinski definition) is 1. The van der Waals surface area contributed by atoms with Crippen LogP contribution in [0, 0.1) is 6.92 Å². The number of carbonyl (C=O) groups is 2. The largest absolute Gasteiger partial charge is 0.507 e. The Morgan fingerprint density at radius 3 is 2.50 bits per heavy atom. The average molecular weight is 299 g/mol. The van der Waals surface area contributed by atoms with Crippen molar-refractivity contribution in [1.29, 1.82) is 0 Å². The molecule has 0 bridgehead atoms. The first-order valence-electron chi connectivity index (χ1n) is 6.77. The molecule has 1 amide bonds. The van der Waals surface area contributed by atoms with Gasteiger partial charge in [-0.05, 0) is 31.2 Å². The second-order valence-electron chi connectivity index (χ2n) is 4.89. The third kappa shape index (κ3) is 3.63. The predicted octanol–water partition coefficient (Wildman–Crippen LogP) is 2.52. The van der Waals surface area contributed by atoms with Crippen molar-refractivity contribution in [2.24, 2.45) is 0 Å². The molecule has 2 aromatic carbocycles. The number of phenolic OH excluding ortho intramolecular Hbond substituents is 1. The van der Waals surface area contributed by atoms with E-state index in [4.69, 9.17) is 4.74 Å². The molecule has 1 N–H and O–H groups in total. The van der Waals surface area contributed by atoms with Crippen LogP contribution in [0.5, 0.6) is 5.75 Å². The fourth-order valence-corrected chi connectivity index (χ4v) is 1.91. The summed E-state index contributed by atoms with van der Waals surface area (Å²) >= 11 is 0. The molecule has 0 aromatic heterocycles. The van der Waals surface area contributed by atoms with Crippen LogP contribution in [0.2, 0.25) is 0 Å². The van der Waals surface area contributed by atoms with Crippen molar-refractivity contribution >= 4 is 17.6 Å². The fraction of sp³-hybridized carbons (Fsp3) is 0.176. The standard InChI is InChI=1S/C17H17NO4/c1-12-8-9-15(19)14(10-12)17(21)22-11-16(20)18(2)13-6-4-3-5-7-13/h3-10,19H,11H2,1-2H3. The van der Waals surface area contributed by atoms with E-state index in [0.717, 1.165) is 5.56 Å². The molecule has 0 spiro atoms. The Kier molecular flexibility index (Phi) is 4.78. The van der Waals surface area contributed by atoms with Crippen molar-refractivity contribution in [3.63, 3.8) is 0 Å². The zero-order valence-electron chi connectivity index (χ0n) is 12.4. The van der Waals surface area contributed by atoms with Crippen molar-refractivity contribution in [3.8, 4) is 5.75 Å². The van der Waals surface area contributed by atoms with E-state index in [1.165, 1.54) is 17.0 Å². The normalized spacial score (nSPS) is 10.1. The molecule has 2 rings (SSSR count). The van der Waals surface area contributed by atoms with Gasteiger partial charge in [-0.25, -0.2) is 4.79 Å². The van der Waals surface area contributed by atoms with Gasteiger partial charge < -0.3 is 14.7 Å². The Morgan fingerprint density at radius 1 is 1.14 bits per heavy atom. The second-order valence-corrected chi connectivity index (χ2v) is 4.89. The van der Waals surface area contributed by atoms with Crippen molar-refractivity contribution < 1.29 is 19.4 Å². The molecule has 5 heteroatoms. The van der Waals surface area contributed by atoms with Crippen LogP contribution in [-0.2, 0) is 9.53 Å². The molecule has 5 nitrogen and oxygen atoms in total. The smallest absolute Gasteiger partial charge is 0.342 e. The number of aromatic hydroxyl groups is 1. The maximum atomic E-state index is 12.0. The molecular formula is C17H17NO4. The summed E-state index contributed by atoms with van der Waals surface area (Å²) in [5.41, 5.74) is 1.58. The van der Waals surface area contributed by atoms with Gasteiger partial charge in [0.15, 0.2) is 6.61 Å². The number of amides is 1. The maximum Gasteiger partial charge on any atom is 0.342 e. The molecule has 0 unspecified atom stereocenters. The summed E-state index contributed by atoms with van der Waals surface area (Å²) in [5, 5.41) is 9.66. The van der Waals surface area contributed by atoms with Crippen LogP contribution in [0.3, 0.4) is 0 Å². The summed E-state index contributed by atoms with van der Waals surface area (Å²) in [7, 11) is 1.61.